The molecule has 1 aromatic carbocycles. The number of nitrogens with one attached hydrogen (secondary N) is 1. The zero-order valence-corrected chi connectivity index (χ0v) is 15.4. The number of benzene rings is 1. The molecule has 0 unspecified atom stereocenters. The lowest BCUT2D eigenvalue weighted by Gasteiger charge is -2.15. The van der Waals surface area contributed by atoms with E-state index in [0.29, 0.717) is 29.2 Å². The minimum Gasteiger partial charge on any atom is -0.352 e. The first-order valence-corrected chi connectivity index (χ1v) is 9.56. The van der Waals surface area contributed by atoms with E-state index in [2.05, 4.69) is 15.2 Å². The topological polar surface area (TPSA) is 45.2 Å². The van der Waals surface area contributed by atoms with Crippen molar-refractivity contribution in [3.63, 3.8) is 0 Å². The fourth-order valence-corrected chi connectivity index (χ4v) is 3.69. The van der Waals surface area contributed by atoms with Gasteiger partial charge in [-0.25, -0.2) is 0 Å². The molecule has 1 saturated carbocycles. The number of hydrogen-bond acceptors (Lipinski definition) is 3. The Hall–Kier alpha value is -2.41. The number of alkyl halides is 3. The molecule has 0 bridgehead atoms. The van der Waals surface area contributed by atoms with E-state index < -0.39 is 11.9 Å². The Labute approximate surface area is 161 Å². The van der Waals surface area contributed by atoms with Crippen LogP contribution in [0.1, 0.15) is 35.3 Å². The standard InChI is InChI=1S/C21H22F3N3O/c22-21(23,24)19-8-5-17(12-25-19)15-1-3-16(4-2-15)20(28)26-11-14-9-10-27(13-14)18-6-7-18/h1-5,8,12,14,18H,6-7,9-11,13H2,(H,26,28)/t14-/m1/s1. The molecule has 1 aliphatic carbocycles. The van der Waals surface area contributed by atoms with E-state index in [1.807, 2.05) is 0 Å². The van der Waals surface area contributed by atoms with Crippen molar-refractivity contribution in [3.8, 4) is 11.1 Å². The number of hydrogen-bond donors (Lipinski definition) is 1. The number of carbonyl (C=O) groups excluding carboxylic acids is 1. The molecule has 2 aliphatic rings. The van der Waals surface area contributed by atoms with Crippen LogP contribution >= 0.6 is 0 Å². The summed E-state index contributed by atoms with van der Waals surface area (Å²) < 4.78 is 37.8. The molecule has 2 aromatic rings. The summed E-state index contributed by atoms with van der Waals surface area (Å²) in [5, 5.41) is 3.00. The Bertz CT molecular complexity index is 829. The average molecular weight is 389 g/mol. The van der Waals surface area contributed by atoms with Crippen molar-refractivity contribution >= 4 is 5.91 Å². The summed E-state index contributed by atoms with van der Waals surface area (Å²) in [4.78, 5) is 18.4. The molecule has 1 N–H and O–H groups in total. The van der Waals surface area contributed by atoms with Crippen LogP contribution in [0.15, 0.2) is 42.6 Å². The summed E-state index contributed by atoms with van der Waals surface area (Å²) in [7, 11) is 0. The number of nitrogens with zero attached hydrogens (tertiary/aromatic N) is 2. The molecular formula is C21H22F3N3O. The zero-order valence-electron chi connectivity index (χ0n) is 15.4. The van der Waals surface area contributed by atoms with E-state index in [9.17, 15) is 18.0 Å². The molecule has 4 nitrogen and oxygen atoms in total. The number of carbonyl (C=O) groups is 1. The van der Waals surface area contributed by atoms with Gasteiger partial charge >= 0.3 is 6.18 Å². The van der Waals surface area contributed by atoms with Gasteiger partial charge in [-0.05, 0) is 55.5 Å². The third kappa shape index (κ3) is 4.35. The molecule has 2 fully saturated rings. The highest BCUT2D eigenvalue weighted by Gasteiger charge is 2.34. The van der Waals surface area contributed by atoms with Crippen molar-refractivity contribution in [1.29, 1.82) is 0 Å². The fraction of sp³-hybridized carbons (Fsp3) is 0.429. The van der Waals surface area contributed by atoms with Gasteiger partial charge in [0.2, 0.25) is 0 Å². The summed E-state index contributed by atoms with van der Waals surface area (Å²) in [6.45, 7) is 2.86. The van der Waals surface area contributed by atoms with E-state index in [4.69, 9.17) is 0 Å². The molecule has 1 atom stereocenters. The first kappa shape index (κ1) is 18.9. The SMILES string of the molecule is O=C(NC[C@H]1CCN(C2CC2)C1)c1ccc(-c2ccc(C(F)(F)F)nc2)cc1. The van der Waals surface area contributed by atoms with Gasteiger partial charge in [-0.15, -0.1) is 0 Å². The average Bonchev–Trinajstić information content (AvgIpc) is 3.44. The van der Waals surface area contributed by atoms with Gasteiger partial charge in [-0.1, -0.05) is 18.2 Å². The maximum absolute atomic E-state index is 12.6. The number of pyridine rings is 1. The smallest absolute Gasteiger partial charge is 0.352 e. The molecule has 0 radical (unpaired) electrons. The predicted molar refractivity (Wildman–Crippen MR) is 99.7 cm³/mol. The lowest BCUT2D eigenvalue weighted by Crippen LogP contribution is -2.31. The van der Waals surface area contributed by atoms with Crippen molar-refractivity contribution in [1.82, 2.24) is 15.2 Å². The predicted octanol–water partition coefficient (Wildman–Crippen LogP) is 3.98. The molecule has 148 valence electrons. The molecule has 28 heavy (non-hydrogen) atoms. The van der Waals surface area contributed by atoms with Crippen molar-refractivity contribution in [3.05, 3.63) is 53.9 Å². The van der Waals surface area contributed by atoms with Crippen molar-refractivity contribution < 1.29 is 18.0 Å². The normalized spacial score (nSPS) is 20.3. The lowest BCUT2D eigenvalue weighted by atomic mass is 10.0. The van der Waals surface area contributed by atoms with Gasteiger partial charge in [0.25, 0.3) is 5.91 Å². The minimum atomic E-state index is -4.45. The third-order valence-electron chi connectivity index (χ3n) is 5.47. The first-order valence-electron chi connectivity index (χ1n) is 9.56. The monoisotopic (exact) mass is 389 g/mol. The number of likely N-dealkylation sites (tertiary alicyclic amines) is 1. The first-order chi connectivity index (χ1) is 13.4. The van der Waals surface area contributed by atoms with Crippen LogP contribution in [0.5, 0.6) is 0 Å². The van der Waals surface area contributed by atoms with Crippen LogP contribution in [0.4, 0.5) is 13.2 Å². The maximum Gasteiger partial charge on any atom is 0.433 e. The largest absolute Gasteiger partial charge is 0.433 e. The fourth-order valence-electron chi connectivity index (χ4n) is 3.69. The Balaban J connectivity index is 1.33. The van der Waals surface area contributed by atoms with Crippen LogP contribution in [0.2, 0.25) is 0 Å². The minimum absolute atomic E-state index is 0.123. The Morgan fingerprint density at radius 2 is 1.79 bits per heavy atom. The van der Waals surface area contributed by atoms with Crippen molar-refractivity contribution in [2.75, 3.05) is 19.6 Å². The Morgan fingerprint density at radius 1 is 1.07 bits per heavy atom. The van der Waals surface area contributed by atoms with Gasteiger partial charge in [0, 0.05) is 36.5 Å². The van der Waals surface area contributed by atoms with Gasteiger partial charge in [0.15, 0.2) is 0 Å². The number of rotatable bonds is 5. The highest BCUT2D eigenvalue weighted by Crippen LogP contribution is 2.31. The molecule has 4 rings (SSSR count). The molecule has 1 amide bonds. The maximum atomic E-state index is 12.6. The quantitative estimate of drug-likeness (QED) is 0.841. The van der Waals surface area contributed by atoms with Crippen LogP contribution in [0.3, 0.4) is 0 Å². The van der Waals surface area contributed by atoms with Gasteiger partial charge in [-0.2, -0.15) is 13.2 Å². The molecule has 1 aliphatic heterocycles. The summed E-state index contributed by atoms with van der Waals surface area (Å²) >= 11 is 0. The van der Waals surface area contributed by atoms with E-state index in [-0.39, 0.29) is 5.91 Å². The second kappa shape index (κ2) is 7.54. The molecular weight excluding hydrogens is 367 g/mol. The summed E-state index contributed by atoms with van der Waals surface area (Å²) in [6.07, 6.45) is 0.482. The molecule has 2 heterocycles. The highest BCUT2D eigenvalue weighted by atomic mass is 19.4. The second-order valence-electron chi connectivity index (χ2n) is 7.60. The van der Waals surface area contributed by atoms with E-state index in [0.717, 1.165) is 31.6 Å². The van der Waals surface area contributed by atoms with E-state index >= 15 is 0 Å². The number of halogens is 3. The van der Waals surface area contributed by atoms with Crippen LogP contribution in [0, 0.1) is 5.92 Å². The summed E-state index contributed by atoms with van der Waals surface area (Å²) in [6, 6.07) is 9.95. The van der Waals surface area contributed by atoms with Gasteiger partial charge in [0.05, 0.1) is 0 Å². The van der Waals surface area contributed by atoms with Crippen LogP contribution in [0.25, 0.3) is 11.1 Å². The lowest BCUT2D eigenvalue weighted by molar-refractivity contribution is -0.141. The van der Waals surface area contributed by atoms with Crippen molar-refractivity contribution in [2.24, 2.45) is 5.92 Å². The van der Waals surface area contributed by atoms with Crippen LogP contribution in [-0.2, 0) is 6.18 Å². The Kier molecular flexibility index (Phi) is 5.10. The van der Waals surface area contributed by atoms with E-state index in [1.165, 1.54) is 25.1 Å². The van der Waals surface area contributed by atoms with Gasteiger partial charge in [-0.3, -0.25) is 9.78 Å². The van der Waals surface area contributed by atoms with Crippen LogP contribution in [-0.4, -0.2) is 41.5 Å². The van der Waals surface area contributed by atoms with Gasteiger partial charge in [0.1, 0.15) is 5.69 Å². The van der Waals surface area contributed by atoms with E-state index in [1.54, 1.807) is 24.3 Å². The van der Waals surface area contributed by atoms with Gasteiger partial charge < -0.3 is 10.2 Å². The third-order valence-corrected chi connectivity index (χ3v) is 5.47. The highest BCUT2D eigenvalue weighted by molar-refractivity contribution is 5.94. The zero-order chi connectivity index (χ0) is 19.7. The molecule has 0 spiro atoms. The molecule has 1 saturated heterocycles. The number of amides is 1. The summed E-state index contributed by atoms with van der Waals surface area (Å²) in [5.41, 5.74) is 0.916. The number of aromatic nitrogens is 1. The summed E-state index contributed by atoms with van der Waals surface area (Å²) in [5.74, 6) is 0.379. The molecule has 7 heteroatoms. The Morgan fingerprint density at radius 3 is 2.39 bits per heavy atom. The molecule has 1 aromatic heterocycles. The second-order valence-corrected chi connectivity index (χ2v) is 7.60. The van der Waals surface area contributed by atoms with Crippen molar-refractivity contribution in [2.45, 2.75) is 31.5 Å². The van der Waals surface area contributed by atoms with Crippen LogP contribution < -0.4 is 5.32 Å².